The molecule has 0 unspecified atom stereocenters. The zero-order chi connectivity index (χ0) is 16.5. The lowest BCUT2D eigenvalue weighted by molar-refractivity contribution is -0.114. The summed E-state index contributed by atoms with van der Waals surface area (Å²) in [7, 11) is 1.93. The molecule has 2 nitrogen and oxygen atoms in total. The third-order valence-corrected chi connectivity index (χ3v) is 3.71. The molecule has 0 aromatic rings. The Kier molecular flexibility index (Phi) is 15.9. The summed E-state index contributed by atoms with van der Waals surface area (Å²) in [6.45, 7) is 6.73. The highest BCUT2D eigenvalue weighted by atomic mass is 19.1. The number of hydroxylamine groups is 2. The standard InChI is InChI=1S/C19H36FNO/c1-4-16-19(2)21(3)22-18-15-13-11-9-7-5-6-8-10-12-14-17-20/h9,11H,2,4-8,10,12-18H2,1,3H3/b11-9+. The lowest BCUT2D eigenvalue weighted by Gasteiger charge is -2.20. The number of hydrogen-bond acceptors (Lipinski definition) is 2. The highest BCUT2D eigenvalue weighted by molar-refractivity contribution is 4.87. The van der Waals surface area contributed by atoms with Crippen LogP contribution in [0.2, 0.25) is 0 Å². The Bertz CT molecular complexity index is 279. The SMILES string of the molecule is C=C(CCC)N(C)OCCC/C=C/CCCCCCCCF. The van der Waals surface area contributed by atoms with Crippen LogP contribution in [0.3, 0.4) is 0 Å². The normalized spacial score (nSPS) is 11.2. The lowest BCUT2D eigenvalue weighted by Crippen LogP contribution is -2.18. The summed E-state index contributed by atoms with van der Waals surface area (Å²) >= 11 is 0. The summed E-state index contributed by atoms with van der Waals surface area (Å²) in [5.74, 6) is 0. The number of alkyl halides is 1. The fraction of sp³-hybridized carbons (Fsp3) is 0.789. The number of nitrogens with zero attached hydrogens (tertiary/aromatic N) is 1. The molecule has 0 fully saturated rings. The largest absolute Gasteiger partial charge is 0.274 e. The highest BCUT2D eigenvalue weighted by Crippen LogP contribution is 2.09. The van der Waals surface area contributed by atoms with E-state index in [9.17, 15) is 4.39 Å². The zero-order valence-electron chi connectivity index (χ0n) is 14.8. The molecule has 0 saturated carbocycles. The smallest absolute Gasteiger partial charge is 0.0894 e. The molecule has 0 aliphatic carbocycles. The van der Waals surface area contributed by atoms with E-state index in [-0.39, 0.29) is 6.67 Å². The topological polar surface area (TPSA) is 12.5 Å². The van der Waals surface area contributed by atoms with Gasteiger partial charge in [-0.15, -0.1) is 0 Å². The van der Waals surface area contributed by atoms with Crippen LogP contribution in [0.4, 0.5) is 4.39 Å². The summed E-state index contributed by atoms with van der Waals surface area (Å²) in [6.07, 6.45) is 16.6. The first-order valence-corrected chi connectivity index (χ1v) is 8.97. The molecule has 0 radical (unpaired) electrons. The molecule has 0 saturated heterocycles. The van der Waals surface area contributed by atoms with Crippen molar-refractivity contribution in [3.63, 3.8) is 0 Å². The number of hydrogen-bond donors (Lipinski definition) is 0. The van der Waals surface area contributed by atoms with Gasteiger partial charge >= 0.3 is 0 Å². The summed E-state index contributed by atoms with van der Waals surface area (Å²) in [6, 6.07) is 0. The predicted octanol–water partition coefficient (Wildman–Crippen LogP) is 6.20. The molecule has 0 aliphatic heterocycles. The summed E-state index contributed by atoms with van der Waals surface area (Å²) < 4.78 is 11.9. The third-order valence-electron chi connectivity index (χ3n) is 3.71. The lowest BCUT2D eigenvalue weighted by atomic mass is 10.1. The van der Waals surface area contributed by atoms with Gasteiger partial charge in [0.2, 0.25) is 0 Å². The quantitative estimate of drug-likeness (QED) is 0.191. The summed E-state index contributed by atoms with van der Waals surface area (Å²) in [4.78, 5) is 5.62. The Hall–Kier alpha value is -0.830. The van der Waals surface area contributed by atoms with Crippen LogP contribution in [0, 0.1) is 0 Å². The molecular weight excluding hydrogens is 277 g/mol. The van der Waals surface area contributed by atoms with Crippen molar-refractivity contribution in [3.05, 3.63) is 24.4 Å². The average molecular weight is 314 g/mol. The molecule has 0 bridgehead atoms. The van der Waals surface area contributed by atoms with Crippen LogP contribution in [0.1, 0.15) is 77.6 Å². The molecule has 3 heteroatoms. The number of allylic oxidation sites excluding steroid dienone is 3. The Morgan fingerprint density at radius 1 is 1.00 bits per heavy atom. The fourth-order valence-corrected chi connectivity index (χ4v) is 2.24. The first-order valence-electron chi connectivity index (χ1n) is 8.97. The van der Waals surface area contributed by atoms with E-state index in [2.05, 4.69) is 25.7 Å². The van der Waals surface area contributed by atoms with Crippen molar-refractivity contribution in [3.8, 4) is 0 Å². The van der Waals surface area contributed by atoms with Gasteiger partial charge in [-0.1, -0.05) is 57.8 Å². The van der Waals surface area contributed by atoms with Gasteiger partial charge in [0.15, 0.2) is 0 Å². The second-order valence-corrected chi connectivity index (χ2v) is 5.86. The van der Waals surface area contributed by atoms with Crippen LogP contribution < -0.4 is 0 Å². The molecule has 0 atom stereocenters. The van der Waals surface area contributed by atoms with Crippen molar-refractivity contribution in [1.82, 2.24) is 5.06 Å². The summed E-state index contributed by atoms with van der Waals surface area (Å²) in [5.41, 5.74) is 1.05. The second-order valence-electron chi connectivity index (χ2n) is 5.86. The van der Waals surface area contributed by atoms with E-state index < -0.39 is 0 Å². The van der Waals surface area contributed by atoms with E-state index in [1.54, 1.807) is 5.06 Å². The number of unbranched alkanes of at least 4 members (excludes halogenated alkanes) is 7. The van der Waals surface area contributed by atoms with Crippen LogP contribution in [0.5, 0.6) is 0 Å². The fourth-order valence-electron chi connectivity index (χ4n) is 2.24. The third kappa shape index (κ3) is 14.1. The van der Waals surface area contributed by atoms with Crippen LogP contribution in [-0.4, -0.2) is 25.4 Å². The van der Waals surface area contributed by atoms with E-state index >= 15 is 0 Å². The number of rotatable bonds is 16. The van der Waals surface area contributed by atoms with E-state index in [1.165, 1.54) is 25.7 Å². The molecule has 0 aromatic heterocycles. The molecule has 130 valence electrons. The van der Waals surface area contributed by atoms with Gasteiger partial charge in [-0.05, 0) is 38.5 Å². The monoisotopic (exact) mass is 313 g/mol. The van der Waals surface area contributed by atoms with Crippen LogP contribution >= 0.6 is 0 Å². The molecule has 0 rings (SSSR count). The van der Waals surface area contributed by atoms with Crippen LogP contribution in [0.15, 0.2) is 24.4 Å². The molecule has 0 amide bonds. The van der Waals surface area contributed by atoms with Gasteiger partial charge in [0.1, 0.15) is 0 Å². The van der Waals surface area contributed by atoms with E-state index in [4.69, 9.17) is 4.84 Å². The Morgan fingerprint density at radius 3 is 2.23 bits per heavy atom. The van der Waals surface area contributed by atoms with Gasteiger partial charge in [0.25, 0.3) is 0 Å². The van der Waals surface area contributed by atoms with E-state index in [1.807, 2.05) is 7.05 Å². The minimum Gasteiger partial charge on any atom is -0.274 e. The Balaban J connectivity index is 3.29. The molecule has 22 heavy (non-hydrogen) atoms. The maximum Gasteiger partial charge on any atom is 0.0894 e. The first-order chi connectivity index (χ1) is 10.7. The average Bonchev–Trinajstić information content (AvgIpc) is 2.51. The first kappa shape index (κ1) is 21.2. The maximum absolute atomic E-state index is 11.9. The minimum absolute atomic E-state index is 0.158. The van der Waals surface area contributed by atoms with Gasteiger partial charge in [-0.2, -0.15) is 0 Å². The van der Waals surface area contributed by atoms with Crippen molar-refractivity contribution >= 4 is 0 Å². The van der Waals surface area contributed by atoms with Crippen molar-refractivity contribution in [2.45, 2.75) is 77.6 Å². The van der Waals surface area contributed by atoms with Gasteiger partial charge in [-0.3, -0.25) is 14.3 Å². The van der Waals surface area contributed by atoms with Crippen molar-refractivity contribution < 1.29 is 9.23 Å². The maximum atomic E-state index is 11.9. The van der Waals surface area contributed by atoms with Gasteiger partial charge in [0.05, 0.1) is 13.3 Å². The van der Waals surface area contributed by atoms with Gasteiger partial charge < -0.3 is 0 Å². The minimum atomic E-state index is -0.158. The molecule has 0 spiro atoms. The van der Waals surface area contributed by atoms with Crippen molar-refractivity contribution in [1.29, 1.82) is 0 Å². The van der Waals surface area contributed by atoms with E-state index in [0.29, 0.717) is 0 Å². The summed E-state index contributed by atoms with van der Waals surface area (Å²) in [5, 5.41) is 1.80. The Labute approximate surface area is 137 Å². The Morgan fingerprint density at radius 2 is 1.59 bits per heavy atom. The van der Waals surface area contributed by atoms with Gasteiger partial charge in [0, 0.05) is 12.7 Å². The van der Waals surface area contributed by atoms with Crippen molar-refractivity contribution in [2.75, 3.05) is 20.3 Å². The highest BCUT2D eigenvalue weighted by Gasteiger charge is 2.00. The zero-order valence-corrected chi connectivity index (χ0v) is 14.8. The van der Waals surface area contributed by atoms with Gasteiger partial charge in [-0.25, -0.2) is 0 Å². The second kappa shape index (κ2) is 16.5. The van der Waals surface area contributed by atoms with Crippen LogP contribution in [-0.2, 0) is 4.84 Å². The van der Waals surface area contributed by atoms with E-state index in [0.717, 1.165) is 57.2 Å². The molecule has 0 aliphatic rings. The molecule has 0 aromatic carbocycles. The van der Waals surface area contributed by atoms with Crippen LogP contribution in [0.25, 0.3) is 0 Å². The number of halogens is 1. The molecule has 0 N–H and O–H groups in total. The molecule has 0 heterocycles. The molecular formula is C19H36FNO. The van der Waals surface area contributed by atoms with Crippen molar-refractivity contribution in [2.24, 2.45) is 0 Å². The predicted molar refractivity (Wildman–Crippen MR) is 94.4 cm³/mol.